The number of aliphatic hydroxyl groups excluding tert-OH is 3. The van der Waals surface area contributed by atoms with Crippen LogP contribution in [0, 0.1) is 0 Å². The molecule has 0 spiro atoms. The van der Waals surface area contributed by atoms with Gasteiger partial charge in [0.25, 0.3) is 5.91 Å². The topological polar surface area (TPSA) is 243 Å². The summed E-state index contributed by atoms with van der Waals surface area (Å²) in [6.45, 7) is 3.14. The molecule has 3 fully saturated rings. The van der Waals surface area contributed by atoms with E-state index in [9.17, 15) is 30.3 Å². The zero-order valence-corrected chi connectivity index (χ0v) is 24.2. The summed E-state index contributed by atoms with van der Waals surface area (Å²) in [5.74, 6) is 0.0135. The molecule has 0 radical (unpaired) electrons. The number of nitrogens with one attached hydrogen (secondary N) is 3. The van der Waals surface area contributed by atoms with E-state index in [1.165, 1.54) is 6.92 Å². The van der Waals surface area contributed by atoms with Crippen LogP contribution in [0.3, 0.4) is 0 Å². The van der Waals surface area contributed by atoms with E-state index < -0.39 is 72.3 Å². The van der Waals surface area contributed by atoms with Crippen LogP contribution in [0.2, 0.25) is 0 Å². The van der Waals surface area contributed by atoms with E-state index in [-0.39, 0.29) is 32.4 Å². The van der Waals surface area contributed by atoms with Crippen LogP contribution >= 0.6 is 0 Å². The lowest BCUT2D eigenvalue weighted by Gasteiger charge is -2.47. The predicted molar refractivity (Wildman–Crippen MR) is 148 cm³/mol. The summed E-state index contributed by atoms with van der Waals surface area (Å²) in [7, 11) is 0. The maximum absolute atomic E-state index is 13.1. The van der Waals surface area contributed by atoms with Crippen molar-refractivity contribution < 1.29 is 49.3 Å². The highest BCUT2D eigenvalue weighted by molar-refractivity contribution is 5.86. The molecule has 15 nitrogen and oxygen atoms in total. The largest absolute Gasteiger partial charge is 0.468 e. The number of amides is 1. The number of aliphatic hydroxyl groups is 5. The normalized spacial score (nSPS) is 41.6. The third-order valence-corrected chi connectivity index (χ3v) is 8.25. The second kappa shape index (κ2) is 14.5. The number of nitrogens with two attached hydrogens (primary N) is 2. The maximum atomic E-state index is 13.1. The molecule has 4 aliphatic rings. The highest BCUT2D eigenvalue weighted by Gasteiger charge is 2.50. The van der Waals surface area contributed by atoms with Gasteiger partial charge in [-0.1, -0.05) is 0 Å². The van der Waals surface area contributed by atoms with Gasteiger partial charge in [0.1, 0.15) is 30.2 Å². The molecule has 15 heteroatoms. The van der Waals surface area contributed by atoms with Gasteiger partial charge in [-0.3, -0.25) is 4.79 Å². The van der Waals surface area contributed by atoms with Crippen LogP contribution in [0.5, 0.6) is 0 Å². The van der Waals surface area contributed by atoms with E-state index in [0.29, 0.717) is 51.2 Å². The van der Waals surface area contributed by atoms with Gasteiger partial charge in [0.05, 0.1) is 30.9 Å². The zero-order valence-electron chi connectivity index (χ0n) is 24.2. The molecule has 2 unspecified atom stereocenters. The SMILES string of the molecule is C[C@]1(O)CO[C@H](O[C@@H]2[C@@H](O)[C@H](O[C@@H]3CCC=C(CNCC(O)CCN)O3)[C@@H](N)C[C@H]2NC(=O)C2(O)CCNC2)[C@H](O)C1. The zero-order chi connectivity index (χ0) is 30.5. The summed E-state index contributed by atoms with van der Waals surface area (Å²) in [6.07, 6.45) is -3.14. The van der Waals surface area contributed by atoms with Crippen LogP contribution in [-0.4, -0.2) is 137 Å². The summed E-state index contributed by atoms with van der Waals surface area (Å²) in [5, 5.41) is 61.9. The van der Waals surface area contributed by atoms with Gasteiger partial charge in [0, 0.05) is 32.0 Å². The van der Waals surface area contributed by atoms with E-state index in [4.69, 9.17) is 30.4 Å². The van der Waals surface area contributed by atoms with E-state index in [1.807, 2.05) is 6.08 Å². The van der Waals surface area contributed by atoms with E-state index in [1.54, 1.807) is 0 Å². The smallest absolute Gasteiger partial charge is 0.253 e. The average molecular weight is 604 g/mol. The van der Waals surface area contributed by atoms with Crippen LogP contribution in [0.1, 0.15) is 45.4 Å². The van der Waals surface area contributed by atoms with Crippen LogP contribution in [0.25, 0.3) is 0 Å². The summed E-state index contributed by atoms with van der Waals surface area (Å²) in [6, 6.07) is -1.57. The molecule has 1 amide bonds. The number of hydrogen-bond acceptors (Lipinski definition) is 14. The third-order valence-electron chi connectivity index (χ3n) is 8.25. The highest BCUT2D eigenvalue weighted by atomic mass is 16.7. The average Bonchev–Trinajstić information content (AvgIpc) is 3.38. The number of carbonyl (C=O) groups excluding carboxylic acids is 1. The quantitative estimate of drug-likeness (QED) is 0.103. The minimum atomic E-state index is -1.61. The standard InChI is InChI=1S/C27H49N5O10/c1-26(37)10-19(34)24(39-14-26)42-23-18(32-25(36)27(38)6-8-30-13-27)9-17(29)22(21(23)35)41-20-4-2-3-16(40-20)12-31-11-15(33)5-7-28/h3,15,17-24,30-31,33-35,37-38H,2,4-14,28-29H2,1H3,(H,32,36)/t15?,17-,18+,19+,20+,21-,22+,23-,24+,26+,27?/m0/s1. The molecule has 242 valence electrons. The van der Waals surface area contributed by atoms with Crippen molar-refractivity contribution in [3.05, 3.63) is 11.8 Å². The molecular weight excluding hydrogens is 554 g/mol. The fourth-order valence-corrected chi connectivity index (χ4v) is 5.87. The third kappa shape index (κ3) is 8.58. The second-order valence-corrected chi connectivity index (χ2v) is 12.2. The first kappa shape index (κ1) is 33.4. The van der Waals surface area contributed by atoms with Gasteiger partial charge in [0.15, 0.2) is 18.2 Å². The fraction of sp³-hybridized carbons (Fsp3) is 0.889. The number of β-amino-alcohol motifs (C(OH)–C–C–N with tert-alkyl or cyclic N) is 1. The van der Waals surface area contributed by atoms with Crippen molar-refractivity contribution in [1.82, 2.24) is 16.0 Å². The van der Waals surface area contributed by atoms with Gasteiger partial charge in [0.2, 0.25) is 0 Å². The fourth-order valence-electron chi connectivity index (χ4n) is 5.87. The Labute approximate surface area is 245 Å². The Balaban J connectivity index is 1.42. The molecule has 3 aliphatic heterocycles. The van der Waals surface area contributed by atoms with Crippen LogP contribution in [0.15, 0.2) is 11.8 Å². The lowest BCUT2D eigenvalue weighted by molar-refractivity contribution is -0.297. The van der Waals surface area contributed by atoms with Crippen LogP contribution in [0.4, 0.5) is 0 Å². The van der Waals surface area contributed by atoms with Gasteiger partial charge in [-0.15, -0.1) is 0 Å². The lowest BCUT2D eigenvalue weighted by Crippen LogP contribution is -2.67. The minimum absolute atomic E-state index is 0.00924. The molecule has 0 aromatic rings. The molecule has 0 aromatic heterocycles. The van der Waals surface area contributed by atoms with E-state index in [0.717, 1.165) is 0 Å². The Morgan fingerprint density at radius 2 is 2.07 bits per heavy atom. The molecule has 0 bridgehead atoms. The number of hydrogen-bond donors (Lipinski definition) is 10. The first-order valence-electron chi connectivity index (χ1n) is 14.9. The molecule has 4 rings (SSSR count). The lowest BCUT2D eigenvalue weighted by atomic mass is 9.83. The van der Waals surface area contributed by atoms with Gasteiger partial charge in [-0.2, -0.15) is 0 Å². The second-order valence-electron chi connectivity index (χ2n) is 12.2. The Hall–Kier alpha value is -1.47. The molecule has 11 atom stereocenters. The van der Waals surface area contributed by atoms with Crippen molar-refractivity contribution in [2.75, 3.05) is 39.3 Å². The van der Waals surface area contributed by atoms with Crippen molar-refractivity contribution >= 4 is 5.91 Å². The van der Waals surface area contributed by atoms with E-state index >= 15 is 0 Å². The van der Waals surface area contributed by atoms with Crippen molar-refractivity contribution in [3.63, 3.8) is 0 Å². The number of rotatable bonds is 12. The Kier molecular flexibility index (Phi) is 11.6. The summed E-state index contributed by atoms with van der Waals surface area (Å²) >= 11 is 0. The molecular formula is C27H49N5O10. The van der Waals surface area contributed by atoms with Crippen LogP contribution < -0.4 is 27.4 Å². The number of ether oxygens (including phenoxy) is 4. The van der Waals surface area contributed by atoms with Gasteiger partial charge in [-0.25, -0.2) is 0 Å². The molecule has 1 aliphatic carbocycles. The highest BCUT2D eigenvalue weighted by Crippen LogP contribution is 2.32. The number of allylic oxidation sites excluding steroid dienone is 1. The first-order valence-corrected chi connectivity index (χ1v) is 14.9. The summed E-state index contributed by atoms with van der Waals surface area (Å²) in [5.41, 5.74) is 9.09. The van der Waals surface area contributed by atoms with Crippen LogP contribution in [-0.2, 0) is 23.7 Å². The first-order chi connectivity index (χ1) is 19.9. The molecule has 1 saturated carbocycles. The maximum Gasteiger partial charge on any atom is 0.253 e. The molecule has 2 saturated heterocycles. The predicted octanol–water partition coefficient (Wildman–Crippen LogP) is -3.76. The Bertz CT molecular complexity index is 920. The molecule has 12 N–H and O–H groups in total. The van der Waals surface area contributed by atoms with Crippen molar-refractivity contribution in [2.45, 2.75) is 112 Å². The Morgan fingerprint density at radius 1 is 1.29 bits per heavy atom. The minimum Gasteiger partial charge on any atom is -0.468 e. The summed E-state index contributed by atoms with van der Waals surface area (Å²) in [4.78, 5) is 13.1. The van der Waals surface area contributed by atoms with E-state index in [2.05, 4.69) is 16.0 Å². The summed E-state index contributed by atoms with van der Waals surface area (Å²) < 4.78 is 23.8. The van der Waals surface area contributed by atoms with Crippen molar-refractivity contribution in [3.8, 4) is 0 Å². The molecule has 42 heavy (non-hydrogen) atoms. The monoisotopic (exact) mass is 603 g/mol. The number of carbonyl (C=O) groups is 1. The van der Waals surface area contributed by atoms with Gasteiger partial charge < -0.3 is 71.9 Å². The molecule has 3 heterocycles. The van der Waals surface area contributed by atoms with Crippen molar-refractivity contribution in [1.29, 1.82) is 0 Å². The molecule has 0 aromatic carbocycles. The Morgan fingerprint density at radius 3 is 2.76 bits per heavy atom. The van der Waals surface area contributed by atoms with Gasteiger partial charge >= 0.3 is 0 Å². The van der Waals surface area contributed by atoms with Crippen molar-refractivity contribution in [2.24, 2.45) is 11.5 Å². The van der Waals surface area contributed by atoms with Gasteiger partial charge in [-0.05, 0) is 51.8 Å².